The maximum Gasteiger partial charge on any atom is 0.330 e. The number of esters is 1. The SMILES string of the molecule is CCOC(=O)C=Cc1ccc(NC(=O)c2nc3nccc(C)n3n2)cc1. The van der Waals surface area contributed by atoms with Crippen LogP contribution in [0, 0.1) is 6.92 Å². The zero-order valence-electron chi connectivity index (χ0n) is 14.3. The number of anilines is 1. The summed E-state index contributed by atoms with van der Waals surface area (Å²) in [4.78, 5) is 31.8. The second-order valence-electron chi connectivity index (χ2n) is 5.39. The van der Waals surface area contributed by atoms with Gasteiger partial charge in [0.05, 0.1) is 6.61 Å². The van der Waals surface area contributed by atoms with Crippen molar-refractivity contribution in [2.45, 2.75) is 13.8 Å². The van der Waals surface area contributed by atoms with Crippen molar-refractivity contribution in [3.05, 3.63) is 59.7 Å². The first-order valence-corrected chi connectivity index (χ1v) is 8.01. The molecule has 8 nitrogen and oxygen atoms in total. The summed E-state index contributed by atoms with van der Waals surface area (Å²) in [6, 6.07) is 8.78. The lowest BCUT2D eigenvalue weighted by Crippen LogP contribution is -2.14. The van der Waals surface area contributed by atoms with E-state index < -0.39 is 11.9 Å². The van der Waals surface area contributed by atoms with E-state index in [1.165, 1.54) is 10.6 Å². The summed E-state index contributed by atoms with van der Waals surface area (Å²) in [7, 11) is 0. The minimum Gasteiger partial charge on any atom is -0.463 e. The first kappa shape index (κ1) is 17.3. The van der Waals surface area contributed by atoms with Gasteiger partial charge in [-0.25, -0.2) is 14.3 Å². The van der Waals surface area contributed by atoms with Crippen LogP contribution in [0.4, 0.5) is 5.69 Å². The van der Waals surface area contributed by atoms with Crippen molar-refractivity contribution in [1.29, 1.82) is 0 Å². The van der Waals surface area contributed by atoms with Crippen LogP contribution < -0.4 is 5.32 Å². The average Bonchev–Trinajstić information content (AvgIpc) is 3.07. The van der Waals surface area contributed by atoms with Gasteiger partial charge in [0.15, 0.2) is 0 Å². The summed E-state index contributed by atoms with van der Waals surface area (Å²) < 4.78 is 6.33. The summed E-state index contributed by atoms with van der Waals surface area (Å²) >= 11 is 0. The number of ether oxygens (including phenoxy) is 1. The number of hydrogen-bond acceptors (Lipinski definition) is 6. The van der Waals surface area contributed by atoms with E-state index >= 15 is 0 Å². The van der Waals surface area contributed by atoms with Crippen molar-refractivity contribution in [2.75, 3.05) is 11.9 Å². The van der Waals surface area contributed by atoms with Crippen LogP contribution in [0.3, 0.4) is 0 Å². The van der Waals surface area contributed by atoms with Gasteiger partial charge in [-0.05, 0) is 43.7 Å². The normalized spacial score (nSPS) is 11.0. The molecule has 0 aliphatic heterocycles. The number of hydrogen-bond donors (Lipinski definition) is 1. The fraction of sp³-hybridized carbons (Fsp3) is 0.167. The van der Waals surface area contributed by atoms with Crippen LogP contribution in [0.25, 0.3) is 11.9 Å². The van der Waals surface area contributed by atoms with E-state index in [9.17, 15) is 9.59 Å². The molecule has 0 fully saturated rings. The zero-order chi connectivity index (χ0) is 18.5. The molecule has 1 amide bonds. The highest BCUT2D eigenvalue weighted by molar-refractivity contribution is 6.01. The van der Waals surface area contributed by atoms with Crippen molar-refractivity contribution in [1.82, 2.24) is 19.6 Å². The zero-order valence-corrected chi connectivity index (χ0v) is 14.3. The molecule has 0 aliphatic rings. The Morgan fingerprint density at radius 3 is 2.69 bits per heavy atom. The smallest absolute Gasteiger partial charge is 0.330 e. The predicted octanol–water partition coefficient (Wildman–Crippen LogP) is 2.26. The highest BCUT2D eigenvalue weighted by Crippen LogP contribution is 2.12. The number of aromatic nitrogens is 4. The molecular formula is C18H17N5O3. The topological polar surface area (TPSA) is 98.5 Å². The Balaban J connectivity index is 1.69. The molecule has 26 heavy (non-hydrogen) atoms. The Labute approximate surface area is 149 Å². The van der Waals surface area contributed by atoms with Gasteiger partial charge < -0.3 is 10.1 Å². The molecule has 132 valence electrons. The third-order valence-electron chi connectivity index (χ3n) is 3.50. The number of rotatable bonds is 5. The van der Waals surface area contributed by atoms with Crippen LogP contribution in [-0.2, 0) is 9.53 Å². The highest BCUT2D eigenvalue weighted by Gasteiger charge is 2.14. The molecular weight excluding hydrogens is 334 g/mol. The number of benzene rings is 1. The lowest BCUT2D eigenvalue weighted by molar-refractivity contribution is -0.137. The van der Waals surface area contributed by atoms with E-state index in [0.29, 0.717) is 18.1 Å². The van der Waals surface area contributed by atoms with Crippen LogP contribution in [0.1, 0.15) is 28.8 Å². The van der Waals surface area contributed by atoms with E-state index in [0.717, 1.165) is 11.3 Å². The standard InChI is InChI=1S/C18H17N5O3/c1-3-26-15(24)9-6-13-4-7-14(8-5-13)20-17(25)16-21-18-19-11-10-12(2)23(18)22-16/h4-11H,3H2,1-2H3,(H,20,25). The number of carbonyl (C=O) groups is 2. The minimum absolute atomic E-state index is 0.0399. The average molecular weight is 351 g/mol. The number of amides is 1. The van der Waals surface area contributed by atoms with Gasteiger partial charge in [-0.1, -0.05) is 12.1 Å². The molecule has 0 bridgehead atoms. The van der Waals surface area contributed by atoms with E-state index in [-0.39, 0.29) is 5.82 Å². The molecule has 0 radical (unpaired) electrons. The van der Waals surface area contributed by atoms with Gasteiger partial charge in [0.1, 0.15) is 0 Å². The molecule has 0 atom stereocenters. The molecule has 3 aromatic rings. The maximum absolute atomic E-state index is 12.3. The summed E-state index contributed by atoms with van der Waals surface area (Å²) in [5.74, 6) is -0.413. The third kappa shape index (κ3) is 3.92. The summed E-state index contributed by atoms with van der Waals surface area (Å²) in [6.07, 6.45) is 4.61. The fourth-order valence-corrected chi connectivity index (χ4v) is 2.22. The summed E-state index contributed by atoms with van der Waals surface area (Å²) in [5, 5.41) is 6.89. The molecule has 0 saturated heterocycles. The van der Waals surface area contributed by atoms with Gasteiger partial charge >= 0.3 is 5.97 Å². The molecule has 2 aromatic heterocycles. The highest BCUT2D eigenvalue weighted by atomic mass is 16.5. The van der Waals surface area contributed by atoms with E-state index in [1.807, 2.05) is 6.92 Å². The van der Waals surface area contributed by atoms with Crippen LogP contribution in [0.2, 0.25) is 0 Å². The van der Waals surface area contributed by atoms with Crippen LogP contribution >= 0.6 is 0 Å². The first-order valence-electron chi connectivity index (χ1n) is 8.01. The monoisotopic (exact) mass is 351 g/mol. The van der Waals surface area contributed by atoms with Gasteiger partial charge in [0, 0.05) is 23.7 Å². The number of fused-ring (bicyclic) bond motifs is 1. The van der Waals surface area contributed by atoms with E-state index in [1.54, 1.807) is 49.5 Å². The lowest BCUT2D eigenvalue weighted by Gasteiger charge is -2.03. The molecule has 0 saturated carbocycles. The Morgan fingerprint density at radius 2 is 2.00 bits per heavy atom. The van der Waals surface area contributed by atoms with Gasteiger partial charge in [0.25, 0.3) is 11.7 Å². The summed E-state index contributed by atoms with van der Waals surface area (Å²) in [6.45, 7) is 3.94. The van der Waals surface area contributed by atoms with Crippen LogP contribution in [0.15, 0.2) is 42.6 Å². The van der Waals surface area contributed by atoms with Gasteiger partial charge in [0.2, 0.25) is 5.82 Å². The van der Waals surface area contributed by atoms with Crippen molar-refractivity contribution in [3.63, 3.8) is 0 Å². The Kier molecular flexibility index (Phi) is 5.02. The second-order valence-corrected chi connectivity index (χ2v) is 5.39. The largest absolute Gasteiger partial charge is 0.463 e. The fourth-order valence-electron chi connectivity index (χ4n) is 2.22. The molecule has 0 unspecified atom stereocenters. The van der Waals surface area contributed by atoms with Gasteiger partial charge in [-0.2, -0.15) is 4.98 Å². The molecule has 1 N–H and O–H groups in total. The van der Waals surface area contributed by atoms with E-state index in [2.05, 4.69) is 20.4 Å². The predicted molar refractivity (Wildman–Crippen MR) is 95.6 cm³/mol. The molecule has 0 aliphatic carbocycles. The number of carbonyl (C=O) groups excluding carboxylic acids is 2. The van der Waals surface area contributed by atoms with Crippen molar-refractivity contribution in [2.24, 2.45) is 0 Å². The van der Waals surface area contributed by atoms with E-state index in [4.69, 9.17) is 4.74 Å². The third-order valence-corrected chi connectivity index (χ3v) is 3.50. The van der Waals surface area contributed by atoms with Crippen molar-refractivity contribution < 1.29 is 14.3 Å². The first-order chi connectivity index (χ1) is 12.6. The maximum atomic E-state index is 12.3. The Hall–Kier alpha value is -3.55. The van der Waals surface area contributed by atoms with Gasteiger partial charge in [-0.15, -0.1) is 5.10 Å². The molecule has 8 heteroatoms. The van der Waals surface area contributed by atoms with Crippen molar-refractivity contribution in [3.8, 4) is 0 Å². The number of nitrogens with zero attached hydrogens (tertiary/aromatic N) is 4. The Morgan fingerprint density at radius 1 is 1.23 bits per heavy atom. The number of nitrogens with one attached hydrogen (secondary N) is 1. The second kappa shape index (κ2) is 7.56. The molecule has 2 heterocycles. The lowest BCUT2D eigenvalue weighted by atomic mass is 10.2. The molecule has 0 spiro atoms. The Bertz CT molecular complexity index is 976. The number of aryl methyl sites for hydroxylation is 1. The molecule has 1 aromatic carbocycles. The van der Waals surface area contributed by atoms with Crippen LogP contribution in [0.5, 0.6) is 0 Å². The summed E-state index contributed by atoms with van der Waals surface area (Å²) in [5.41, 5.74) is 2.23. The minimum atomic E-state index is -0.426. The quantitative estimate of drug-likeness (QED) is 0.559. The molecule has 3 rings (SSSR count). The van der Waals surface area contributed by atoms with Crippen LogP contribution in [-0.4, -0.2) is 38.1 Å². The van der Waals surface area contributed by atoms with Crippen molar-refractivity contribution >= 4 is 29.4 Å². The van der Waals surface area contributed by atoms with Gasteiger partial charge in [-0.3, -0.25) is 4.79 Å².